The molecule has 0 amide bonds. The SMILES string of the molecule is CCCCNS(=O)(=O)c1ccc(C(C)C)cc1C(=O)OC. The van der Waals surface area contributed by atoms with Crippen molar-refractivity contribution in [1.29, 1.82) is 0 Å². The van der Waals surface area contributed by atoms with Gasteiger partial charge < -0.3 is 4.74 Å². The smallest absolute Gasteiger partial charge is 0.339 e. The van der Waals surface area contributed by atoms with Gasteiger partial charge in [-0.05, 0) is 30.0 Å². The summed E-state index contributed by atoms with van der Waals surface area (Å²) in [5.41, 5.74) is 0.968. The van der Waals surface area contributed by atoms with Gasteiger partial charge in [-0.15, -0.1) is 0 Å². The van der Waals surface area contributed by atoms with Gasteiger partial charge in [-0.25, -0.2) is 17.9 Å². The van der Waals surface area contributed by atoms with Crippen LogP contribution >= 0.6 is 0 Å². The molecule has 0 unspecified atom stereocenters. The summed E-state index contributed by atoms with van der Waals surface area (Å²) in [6.45, 7) is 6.28. The van der Waals surface area contributed by atoms with Crippen molar-refractivity contribution in [2.24, 2.45) is 0 Å². The van der Waals surface area contributed by atoms with E-state index in [1.165, 1.54) is 13.2 Å². The first kappa shape index (κ1) is 17.7. The normalized spacial score (nSPS) is 11.7. The molecule has 0 radical (unpaired) electrons. The Labute approximate surface area is 126 Å². The van der Waals surface area contributed by atoms with Gasteiger partial charge >= 0.3 is 5.97 Å². The van der Waals surface area contributed by atoms with Crippen LogP contribution in [0.15, 0.2) is 23.1 Å². The lowest BCUT2D eigenvalue weighted by molar-refractivity contribution is 0.0596. The Morgan fingerprint density at radius 3 is 2.52 bits per heavy atom. The van der Waals surface area contributed by atoms with Crippen LogP contribution in [0.5, 0.6) is 0 Å². The molecule has 1 aromatic rings. The zero-order chi connectivity index (χ0) is 16.0. The topological polar surface area (TPSA) is 72.5 Å². The Bertz CT molecular complexity index is 594. The lowest BCUT2D eigenvalue weighted by Gasteiger charge is -2.13. The molecule has 1 aromatic carbocycles. The molecule has 0 saturated carbocycles. The molecule has 0 saturated heterocycles. The Kier molecular flexibility index (Phi) is 6.36. The van der Waals surface area contributed by atoms with Gasteiger partial charge in [-0.3, -0.25) is 0 Å². The quantitative estimate of drug-likeness (QED) is 0.620. The zero-order valence-electron chi connectivity index (χ0n) is 13.0. The molecule has 0 aliphatic rings. The first-order valence-electron chi connectivity index (χ1n) is 7.05. The highest BCUT2D eigenvalue weighted by atomic mass is 32.2. The Hall–Kier alpha value is -1.40. The third kappa shape index (κ3) is 4.54. The van der Waals surface area contributed by atoms with Gasteiger partial charge in [0, 0.05) is 6.54 Å². The molecule has 5 nitrogen and oxygen atoms in total. The number of hydrogen-bond acceptors (Lipinski definition) is 4. The van der Waals surface area contributed by atoms with Gasteiger partial charge in [0.05, 0.1) is 17.6 Å². The van der Waals surface area contributed by atoms with E-state index in [2.05, 4.69) is 4.72 Å². The van der Waals surface area contributed by atoms with Gasteiger partial charge in [-0.1, -0.05) is 33.3 Å². The van der Waals surface area contributed by atoms with Gasteiger partial charge in [0.1, 0.15) is 0 Å². The molecule has 1 rings (SSSR count). The fraction of sp³-hybridized carbons (Fsp3) is 0.533. The van der Waals surface area contributed by atoms with Crippen molar-refractivity contribution in [3.63, 3.8) is 0 Å². The molecule has 0 spiro atoms. The fourth-order valence-electron chi connectivity index (χ4n) is 1.87. The summed E-state index contributed by atoms with van der Waals surface area (Å²) in [7, 11) is -2.47. The van der Waals surface area contributed by atoms with E-state index in [1.54, 1.807) is 12.1 Å². The maximum absolute atomic E-state index is 12.3. The first-order chi connectivity index (χ1) is 9.83. The van der Waals surface area contributed by atoms with Crippen molar-refractivity contribution in [3.8, 4) is 0 Å². The number of rotatable bonds is 7. The van der Waals surface area contributed by atoms with Gasteiger partial charge in [0.25, 0.3) is 0 Å². The molecular weight excluding hydrogens is 290 g/mol. The molecule has 1 N–H and O–H groups in total. The third-order valence-corrected chi connectivity index (χ3v) is 4.71. The number of carbonyl (C=O) groups is 1. The largest absolute Gasteiger partial charge is 0.465 e. The van der Waals surface area contributed by atoms with Crippen LogP contribution in [-0.4, -0.2) is 28.0 Å². The number of methoxy groups -OCH3 is 1. The van der Waals surface area contributed by atoms with Crippen LogP contribution in [-0.2, 0) is 14.8 Å². The molecule has 21 heavy (non-hydrogen) atoms. The summed E-state index contributed by atoms with van der Waals surface area (Å²) in [5.74, 6) is -0.452. The van der Waals surface area contributed by atoms with E-state index in [-0.39, 0.29) is 16.4 Å². The molecular formula is C15H23NO4S. The molecule has 0 atom stereocenters. The summed E-state index contributed by atoms with van der Waals surface area (Å²) in [4.78, 5) is 11.8. The number of unbranched alkanes of at least 4 members (excludes halogenated alkanes) is 1. The zero-order valence-corrected chi connectivity index (χ0v) is 13.8. The lowest BCUT2D eigenvalue weighted by atomic mass is 10.0. The van der Waals surface area contributed by atoms with Gasteiger partial charge in [0.15, 0.2) is 0 Å². The minimum Gasteiger partial charge on any atom is -0.465 e. The van der Waals surface area contributed by atoms with E-state index < -0.39 is 16.0 Å². The number of nitrogens with one attached hydrogen (secondary N) is 1. The minimum absolute atomic E-state index is 0.0325. The Morgan fingerprint density at radius 2 is 2.00 bits per heavy atom. The van der Waals surface area contributed by atoms with Crippen LogP contribution in [0.1, 0.15) is 55.5 Å². The third-order valence-electron chi connectivity index (χ3n) is 3.19. The predicted octanol–water partition coefficient (Wildman–Crippen LogP) is 2.68. The van der Waals surface area contributed by atoms with E-state index in [0.29, 0.717) is 6.54 Å². The molecule has 0 fully saturated rings. The number of ether oxygens (including phenoxy) is 1. The van der Waals surface area contributed by atoms with Crippen LogP contribution in [0.2, 0.25) is 0 Å². The average molecular weight is 313 g/mol. The van der Waals surface area contributed by atoms with Crippen molar-refractivity contribution in [1.82, 2.24) is 4.72 Å². The summed E-state index contributed by atoms with van der Waals surface area (Å²) in [5, 5.41) is 0. The van der Waals surface area contributed by atoms with E-state index in [1.807, 2.05) is 20.8 Å². The van der Waals surface area contributed by atoms with Crippen LogP contribution in [0, 0.1) is 0 Å². The first-order valence-corrected chi connectivity index (χ1v) is 8.53. The Morgan fingerprint density at radius 1 is 1.33 bits per heavy atom. The second kappa shape index (κ2) is 7.56. The molecule has 0 aromatic heterocycles. The van der Waals surface area contributed by atoms with Crippen molar-refractivity contribution < 1.29 is 17.9 Å². The summed E-state index contributed by atoms with van der Waals surface area (Å²) < 4.78 is 31.8. The minimum atomic E-state index is -3.71. The number of esters is 1. The summed E-state index contributed by atoms with van der Waals surface area (Å²) in [6, 6.07) is 4.78. The van der Waals surface area contributed by atoms with Crippen LogP contribution in [0.4, 0.5) is 0 Å². The monoisotopic (exact) mass is 313 g/mol. The van der Waals surface area contributed by atoms with E-state index in [9.17, 15) is 13.2 Å². The van der Waals surface area contributed by atoms with Gasteiger partial charge in [0.2, 0.25) is 10.0 Å². The molecule has 0 heterocycles. The van der Waals surface area contributed by atoms with E-state index in [4.69, 9.17) is 4.74 Å². The van der Waals surface area contributed by atoms with E-state index in [0.717, 1.165) is 18.4 Å². The highest BCUT2D eigenvalue weighted by Crippen LogP contribution is 2.23. The standard InChI is InChI=1S/C15H23NO4S/c1-5-6-9-16-21(18,19)14-8-7-12(11(2)3)10-13(14)15(17)20-4/h7-8,10-11,16H,5-6,9H2,1-4H3. The van der Waals surface area contributed by atoms with Crippen molar-refractivity contribution in [3.05, 3.63) is 29.3 Å². The average Bonchev–Trinajstić information content (AvgIpc) is 2.45. The predicted molar refractivity (Wildman–Crippen MR) is 82.0 cm³/mol. The number of carbonyl (C=O) groups excluding carboxylic acids is 1. The van der Waals surface area contributed by atoms with E-state index >= 15 is 0 Å². The van der Waals surface area contributed by atoms with Crippen molar-refractivity contribution in [2.45, 2.75) is 44.4 Å². The van der Waals surface area contributed by atoms with Crippen molar-refractivity contribution >= 4 is 16.0 Å². The van der Waals surface area contributed by atoms with Crippen LogP contribution in [0.25, 0.3) is 0 Å². The maximum Gasteiger partial charge on any atom is 0.339 e. The molecule has 0 aliphatic heterocycles. The second-order valence-corrected chi connectivity index (χ2v) is 6.89. The molecule has 0 bridgehead atoms. The molecule has 118 valence electrons. The highest BCUT2D eigenvalue weighted by molar-refractivity contribution is 7.89. The summed E-state index contributed by atoms with van der Waals surface area (Å²) >= 11 is 0. The maximum atomic E-state index is 12.3. The van der Waals surface area contributed by atoms with Gasteiger partial charge in [-0.2, -0.15) is 0 Å². The molecule has 0 aliphatic carbocycles. The number of hydrogen-bond donors (Lipinski definition) is 1. The molecule has 6 heteroatoms. The Balaban J connectivity index is 3.25. The summed E-state index contributed by atoms with van der Waals surface area (Å²) in [6.07, 6.45) is 1.63. The lowest BCUT2D eigenvalue weighted by Crippen LogP contribution is -2.26. The number of sulfonamides is 1. The highest BCUT2D eigenvalue weighted by Gasteiger charge is 2.23. The second-order valence-electron chi connectivity index (χ2n) is 5.15. The fourth-order valence-corrected chi connectivity index (χ4v) is 3.12. The van der Waals surface area contributed by atoms with Crippen LogP contribution in [0.3, 0.4) is 0 Å². The van der Waals surface area contributed by atoms with Crippen LogP contribution < -0.4 is 4.72 Å². The van der Waals surface area contributed by atoms with Crippen molar-refractivity contribution in [2.75, 3.05) is 13.7 Å². The number of benzene rings is 1.